The summed E-state index contributed by atoms with van der Waals surface area (Å²) in [6.45, 7) is 5.93. The number of nitrogens with zero attached hydrogens (tertiary/aromatic N) is 2. The summed E-state index contributed by atoms with van der Waals surface area (Å²) in [5, 5.41) is 0.805. The number of furan rings is 1. The summed E-state index contributed by atoms with van der Waals surface area (Å²) in [5.41, 5.74) is 6.34. The van der Waals surface area contributed by atoms with Gasteiger partial charge in [-0.1, -0.05) is 13.8 Å². The van der Waals surface area contributed by atoms with Crippen LogP contribution in [0.4, 0.5) is 5.82 Å². The van der Waals surface area contributed by atoms with Gasteiger partial charge in [0.15, 0.2) is 0 Å². The zero-order valence-corrected chi connectivity index (χ0v) is 8.53. The summed E-state index contributed by atoms with van der Waals surface area (Å²) < 4.78 is 5.56. The predicted molar refractivity (Wildman–Crippen MR) is 55.0 cm³/mol. The second-order valence-electron chi connectivity index (χ2n) is 3.68. The van der Waals surface area contributed by atoms with Crippen LogP contribution >= 0.6 is 0 Å². The van der Waals surface area contributed by atoms with Crippen molar-refractivity contribution < 1.29 is 4.42 Å². The molecule has 2 aromatic rings. The van der Waals surface area contributed by atoms with Gasteiger partial charge in [0, 0.05) is 5.92 Å². The average molecular weight is 191 g/mol. The molecule has 2 rings (SSSR count). The molecule has 2 N–H and O–H groups in total. The molecule has 0 saturated carbocycles. The first-order chi connectivity index (χ1) is 6.58. The van der Waals surface area contributed by atoms with E-state index in [1.165, 1.54) is 0 Å². The minimum absolute atomic E-state index is 0.337. The van der Waals surface area contributed by atoms with Crippen molar-refractivity contribution in [3.05, 3.63) is 17.7 Å². The van der Waals surface area contributed by atoms with E-state index in [-0.39, 0.29) is 0 Å². The van der Waals surface area contributed by atoms with E-state index in [2.05, 4.69) is 23.8 Å². The maximum absolute atomic E-state index is 5.76. The van der Waals surface area contributed by atoms with Gasteiger partial charge in [-0.3, -0.25) is 0 Å². The van der Waals surface area contributed by atoms with Gasteiger partial charge in [0.05, 0.1) is 5.39 Å². The zero-order valence-electron chi connectivity index (χ0n) is 8.53. The maximum atomic E-state index is 5.76. The standard InChI is InChI=1S/C10H13N3O/c1-5(2)8-4-7-9(11)12-6(3)13-10(7)14-8/h4-5H,1-3H3,(H2,11,12,13). The summed E-state index contributed by atoms with van der Waals surface area (Å²) in [4.78, 5) is 8.26. The van der Waals surface area contributed by atoms with Crippen LogP contribution in [0.25, 0.3) is 11.1 Å². The first kappa shape index (κ1) is 8.99. The molecule has 0 amide bonds. The highest BCUT2D eigenvalue weighted by molar-refractivity contribution is 5.84. The highest BCUT2D eigenvalue weighted by Crippen LogP contribution is 2.26. The van der Waals surface area contributed by atoms with Crippen LogP contribution in [0.5, 0.6) is 0 Å². The number of aryl methyl sites for hydroxylation is 1. The van der Waals surface area contributed by atoms with Crippen molar-refractivity contribution in [3.63, 3.8) is 0 Å². The van der Waals surface area contributed by atoms with Crippen LogP contribution in [0.2, 0.25) is 0 Å². The van der Waals surface area contributed by atoms with Gasteiger partial charge in [0.25, 0.3) is 0 Å². The minimum Gasteiger partial charge on any atom is -0.442 e. The number of rotatable bonds is 1. The number of anilines is 1. The van der Waals surface area contributed by atoms with Crippen molar-refractivity contribution in [1.82, 2.24) is 9.97 Å². The third-order valence-corrected chi connectivity index (χ3v) is 2.12. The Labute approximate surface area is 82.1 Å². The van der Waals surface area contributed by atoms with Gasteiger partial charge in [-0.05, 0) is 13.0 Å². The van der Waals surface area contributed by atoms with Gasteiger partial charge in [-0.15, -0.1) is 0 Å². The molecule has 4 nitrogen and oxygen atoms in total. The number of fused-ring (bicyclic) bond motifs is 1. The smallest absolute Gasteiger partial charge is 0.231 e. The van der Waals surface area contributed by atoms with Crippen LogP contribution in [-0.2, 0) is 0 Å². The Bertz CT molecular complexity index is 473. The molecule has 0 unspecified atom stereocenters. The Hall–Kier alpha value is -1.58. The number of hydrogen-bond donors (Lipinski definition) is 1. The number of aromatic nitrogens is 2. The normalized spacial score (nSPS) is 11.4. The van der Waals surface area contributed by atoms with Crippen LogP contribution in [0.1, 0.15) is 31.4 Å². The molecule has 0 radical (unpaired) electrons. The van der Waals surface area contributed by atoms with Crippen LogP contribution in [0, 0.1) is 6.92 Å². The SMILES string of the molecule is Cc1nc(N)c2cc(C(C)C)oc2n1. The monoisotopic (exact) mass is 191 g/mol. The molecular weight excluding hydrogens is 178 g/mol. The Balaban J connectivity index is 2.70. The number of hydrogen-bond acceptors (Lipinski definition) is 4. The van der Waals surface area contributed by atoms with E-state index < -0.39 is 0 Å². The average Bonchev–Trinajstić information content (AvgIpc) is 2.47. The molecule has 2 heterocycles. The fraction of sp³-hybridized carbons (Fsp3) is 0.400. The van der Waals surface area contributed by atoms with Crippen molar-refractivity contribution in [2.24, 2.45) is 0 Å². The largest absolute Gasteiger partial charge is 0.442 e. The van der Waals surface area contributed by atoms with Crippen molar-refractivity contribution in [2.45, 2.75) is 26.7 Å². The first-order valence-corrected chi connectivity index (χ1v) is 4.61. The molecule has 0 bridgehead atoms. The molecular formula is C10H13N3O. The molecule has 14 heavy (non-hydrogen) atoms. The van der Waals surface area contributed by atoms with Gasteiger partial charge in [0.1, 0.15) is 17.4 Å². The van der Waals surface area contributed by atoms with Crippen molar-refractivity contribution >= 4 is 16.9 Å². The van der Waals surface area contributed by atoms with Crippen molar-refractivity contribution in [3.8, 4) is 0 Å². The molecule has 0 spiro atoms. The van der Waals surface area contributed by atoms with E-state index in [0.717, 1.165) is 11.1 Å². The van der Waals surface area contributed by atoms with Crippen LogP contribution < -0.4 is 5.73 Å². The van der Waals surface area contributed by atoms with E-state index in [1.54, 1.807) is 6.92 Å². The molecule has 0 aliphatic carbocycles. The van der Waals surface area contributed by atoms with Crippen molar-refractivity contribution in [2.75, 3.05) is 5.73 Å². The second-order valence-corrected chi connectivity index (χ2v) is 3.68. The summed E-state index contributed by atoms with van der Waals surface area (Å²) in [6.07, 6.45) is 0. The lowest BCUT2D eigenvalue weighted by Crippen LogP contribution is -1.94. The summed E-state index contributed by atoms with van der Waals surface area (Å²) in [5.74, 6) is 2.36. The predicted octanol–water partition coefficient (Wildman–Crippen LogP) is 2.24. The molecule has 0 atom stereocenters. The van der Waals surface area contributed by atoms with Gasteiger partial charge in [-0.25, -0.2) is 4.98 Å². The number of nitrogens with two attached hydrogens (primary N) is 1. The third kappa shape index (κ3) is 1.32. The van der Waals surface area contributed by atoms with Crippen molar-refractivity contribution in [1.29, 1.82) is 0 Å². The second kappa shape index (κ2) is 2.97. The minimum atomic E-state index is 0.337. The lowest BCUT2D eigenvalue weighted by atomic mass is 10.1. The fourth-order valence-electron chi connectivity index (χ4n) is 1.36. The van der Waals surface area contributed by atoms with Crippen LogP contribution in [-0.4, -0.2) is 9.97 Å². The molecule has 0 aliphatic rings. The molecule has 0 fully saturated rings. The topological polar surface area (TPSA) is 64.9 Å². The molecule has 4 heteroatoms. The summed E-state index contributed by atoms with van der Waals surface area (Å²) in [6, 6.07) is 1.91. The van der Waals surface area contributed by atoms with E-state index >= 15 is 0 Å². The summed E-state index contributed by atoms with van der Waals surface area (Å²) >= 11 is 0. The Morgan fingerprint density at radius 3 is 2.71 bits per heavy atom. The highest BCUT2D eigenvalue weighted by Gasteiger charge is 2.11. The van der Waals surface area contributed by atoms with E-state index in [9.17, 15) is 0 Å². The highest BCUT2D eigenvalue weighted by atomic mass is 16.3. The lowest BCUT2D eigenvalue weighted by Gasteiger charge is -1.95. The zero-order chi connectivity index (χ0) is 10.3. The van der Waals surface area contributed by atoms with E-state index in [4.69, 9.17) is 10.2 Å². The first-order valence-electron chi connectivity index (χ1n) is 4.61. The van der Waals surface area contributed by atoms with E-state index in [1.807, 2.05) is 6.07 Å². The Morgan fingerprint density at radius 1 is 1.36 bits per heavy atom. The van der Waals surface area contributed by atoms with Gasteiger partial charge >= 0.3 is 0 Å². The quantitative estimate of drug-likeness (QED) is 0.750. The molecule has 0 saturated heterocycles. The van der Waals surface area contributed by atoms with Crippen LogP contribution in [0.15, 0.2) is 10.5 Å². The molecule has 0 aliphatic heterocycles. The van der Waals surface area contributed by atoms with E-state index in [0.29, 0.717) is 23.3 Å². The Morgan fingerprint density at radius 2 is 2.07 bits per heavy atom. The van der Waals surface area contributed by atoms with Gasteiger partial charge < -0.3 is 10.2 Å². The Kier molecular flexibility index (Phi) is 1.91. The fourth-order valence-corrected chi connectivity index (χ4v) is 1.36. The lowest BCUT2D eigenvalue weighted by molar-refractivity contribution is 0.513. The van der Waals surface area contributed by atoms with Gasteiger partial charge in [0.2, 0.25) is 5.71 Å². The molecule has 0 aromatic carbocycles. The number of nitrogen functional groups attached to an aromatic ring is 1. The molecule has 2 aromatic heterocycles. The summed E-state index contributed by atoms with van der Waals surface area (Å²) in [7, 11) is 0. The third-order valence-electron chi connectivity index (χ3n) is 2.12. The van der Waals surface area contributed by atoms with Crippen LogP contribution in [0.3, 0.4) is 0 Å². The van der Waals surface area contributed by atoms with Gasteiger partial charge in [-0.2, -0.15) is 4.98 Å². The maximum Gasteiger partial charge on any atom is 0.231 e. The molecule has 74 valence electrons.